The molecule has 0 aliphatic rings. The van der Waals surface area contributed by atoms with Crippen molar-refractivity contribution < 1.29 is 22.7 Å². The first-order valence-electron chi connectivity index (χ1n) is 8.62. The third-order valence-corrected chi connectivity index (χ3v) is 4.73. The maximum atomic E-state index is 12.3. The maximum absolute atomic E-state index is 12.3. The average molecular weight is 440 g/mol. The van der Waals surface area contributed by atoms with E-state index in [4.69, 9.17) is 21.1 Å². The second kappa shape index (κ2) is 9.71. The molecule has 1 aromatic carbocycles. The number of nitrogens with one attached hydrogen (secondary N) is 1. The van der Waals surface area contributed by atoms with Gasteiger partial charge in [0.25, 0.3) is 11.8 Å². The first kappa shape index (κ1) is 22.6. The molecule has 1 amide bonds. The lowest BCUT2D eigenvalue weighted by Gasteiger charge is -2.17. The summed E-state index contributed by atoms with van der Waals surface area (Å²) >= 11 is 6.19. The quantitative estimate of drug-likeness (QED) is 0.673. The molecule has 1 N–H and O–H groups in total. The molecule has 0 unspecified atom stereocenters. The van der Waals surface area contributed by atoms with Gasteiger partial charge in [0.1, 0.15) is 6.10 Å². The zero-order valence-corrected chi connectivity index (χ0v) is 18.0. The number of sulfone groups is 1. The molecule has 156 valence electrons. The van der Waals surface area contributed by atoms with E-state index >= 15 is 0 Å². The van der Waals surface area contributed by atoms with E-state index in [0.717, 1.165) is 17.2 Å². The van der Waals surface area contributed by atoms with Gasteiger partial charge in [-0.2, -0.15) is 4.98 Å². The van der Waals surface area contributed by atoms with Gasteiger partial charge >= 0.3 is 0 Å². The summed E-state index contributed by atoms with van der Waals surface area (Å²) in [5.41, 5.74) is 0.782. The third kappa shape index (κ3) is 6.72. The first-order chi connectivity index (χ1) is 13.6. The predicted octanol–water partition coefficient (Wildman–Crippen LogP) is 2.96. The Morgan fingerprint density at radius 2 is 1.97 bits per heavy atom. The molecule has 0 radical (unpaired) electrons. The Balaban J connectivity index is 2.14. The van der Waals surface area contributed by atoms with Crippen LogP contribution in [0.25, 0.3) is 0 Å². The second-order valence-corrected chi connectivity index (χ2v) is 8.61. The molecule has 0 fully saturated rings. The number of benzene rings is 1. The fraction of sp³-hybridized carbons (Fsp3) is 0.316. The van der Waals surface area contributed by atoms with Crippen LogP contribution in [0.3, 0.4) is 0 Å². The summed E-state index contributed by atoms with van der Waals surface area (Å²) in [6, 6.07) is 6.73. The van der Waals surface area contributed by atoms with Gasteiger partial charge in [-0.1, -0.05) is 35.9 Å². The fourth-order valence-electron chi connectivity index (χ4n) is 2.33. The third-order valence-electron chi connectivity index (χ3n) is 3.74. The van der Waals surface area contributed by atoms with Crippen molar-refractivity contribution in [2.75, 3.05) is 13.4 Å². The van der Waals surface area contributed by atoms with Gasteiger partial charge in [-0.3, -0.25) is 4.79 Å². The molecule has 0 aliphatic heterocycles. The van der Waals surface area contributed by atoms with Crippen molar-refractivity contribution in [3.8, 4) is 11.6 Å². The molecular weight excluding hydrogens is 418 g/mol. The van der Waals surface area contributed by atoms with E-state index in [9.17, 15) is 13.2 Å². The van der Waals surface area contributed by atoms with Crippen molar-refractivity contribution in [2.24, 2.45) is 0 Å². The van der Waals surface area contributed by atoms with Crippen molar-refractivity contribution in [3.63, 3.8) is 0 Å². The SMILES string of the molecule is COc1nc(C(=O)N[C@H](C)/C=C/S(C)(=O)=O)ncc1O[C@@H](C)c1ccccc1Cl. The van der Waals surface area contributed by atoms with E-state index in [1.165, 1.54) is 19.4 Å². The highest BCUT2D eigenvalue weighted by molar-refractivity contribution is 7.93. The summed E-state index contributed by atoms with van der Waals surface area (Å²) in [4.78, 5) is 20.4. The highest BCUT2D eigenvalue weighted by Gasteiger charge is 2.19. The standard InChI is InChI=1S/C19H22ClN3O5S/c1-12(9-10-29(4,25)26)22-18(24)17-21-11-16(19(23-17)27-3)28-13(2)14-7-5-6-8-15(14)20/h5-13H,1-4H3,(H,22,24)/b10-9+/t12-,13+/m1/s1. The lowest BCUT2D eigenvalue weighted by atomic mass is 10.1. The van der Waals surface area contributed by atoms with E-state index in [1.807, 2.05) is 25.1 Å². The molecule has 10 heteroatoms. The lowest BCUT2D eigenvalue weighted by molar-refractivity contribution is 0.0934. The Labute approximate surface area is 174 Å². The largest absolute Gasteiger partial charge is 0.479 e. The molecule has 0 spiro atoms. The van der Waals surface area contributed by atoms with Crippen molar-refractivity contribution in [2.45, 2.75) is 26.0 Å². The molecule has 29 heavy (non-hydrogen) atoms. The van der Waals surface area contributed by atoms with E-state index < -0.39 is 27.9 Å². The Bertz CT molecular complexity index is 1010. The number of carbonyl (C=O) groups is 1. The average Bonchev–Trinajstić information content (AvgIpc) is 2.66. The van der Waals surface area contributed by atoms with Crippen molar-refractivity contribution in [1.82, 2.24) is 15.3 Å². The van der Waals surface area contributed by atoms with Crippen LogP contribution in [0.15, 0.2) is 41.9 Å². The molecule has 0 saturated heterocycles. The number of hydrogen-bond acceptors (Lipinski definition) is 7. The van der Waals surface area contributed by atoms with Gasteiger partial charge in [0.05, 0.1) is 13.3 Å². The summed E-state index contributed by atoms with van der Waals surface area (Å²) in [6.45, 7) is 3.44. The van der Waals surface area contributed by atoms with Crippen LogP contribution in [-0.4, -0.2) is 43.7 Å². The smallest absolute Gasteiger partial charge is 0.289 e. The summed E-state index contributed by atoms with van der Waals surface area (Å²) in [5.74, 6) is -0.385. The van der Waals surface area contributed by atoms with Gasteiger partial charge in [-0.25, -0.2) is 13.4 Å². The molecule has 2 aromatic rings. The van der Waals surface area contributed by atoms with Gasteiger partial charge in [-0.05, 0) is 19.9 Å². The van der Waals surface area contributed by atoms with Crippen LogP contribution in [0.4, 0.5) is 0 Å². The summed E-state index contributed by atoms with van der Waals surface area (Å²) in [7, 11) is -1.89. The van der Waals surface area contributed by atoms with Gasteiger partial charge < -0.3 is 14.8 Å². The molecule has 0 aliphatic carbocycles. The number of nitrogens with zero attached hydrogens (tertiary/aromatic N) is 2. The zero-order chi connectivity index (χ0) is 21.6. The second-order valence-electron chi connectivity index (χ2n) is 6.27. The molecule has 2 rings (SSSR count). The summed E-state index contributed by atoms with van der Waals surface area (Å²) < 4.78 is 33.4. The van der Waals surface area contributed by atoms with Crippen LogP contribution in [0.2, 0.25) is 5.02 Å². The normalized spacial score (nSPS) is 13.7. The van der Waals surface area contributed by atoms with Gasteiger partial charge in [0.2, 0.25) is 11.6 Å². The van der Waals surface area contributed by atoms with Crippen molar-refractivity contribution in [3.05, 3.63) is 58.4 Å². The van der Waals surface area contributed by atoms with Crippen molar-refractivity contribution >= 4 is 27.3 Å². The minimum atomic E-state index is -3.28. The summed E-state index contributed by atoms with van der Waals surface area (Å²) in [5, 5.41) is 4.17. The Morgan fingerprint density at radius 1 is 1.28 bits per heavy atom. The number of ether oxygens (including phenoxy) is 2. The van der Waals surface area contributed by atoms with Crippen LogP contribution >= 0.6 is 11.6 Å². The monoisotopic (exact) mass is 439 g/mol. The number of methoxy groups -OCH3 is 1. The minimum absolute atomic E-state index is 0.0865. The first-order valence-corrected chi connectivity index (χ1v) is 10.9. The van der Waals surface area contributed by atoms with Crippen LogP contribution in [0.5, 0.6) is 11.6 Å². The minimum Gasteiger partial charge on any atom is -0.479 e. The molecule has 1 heterocycles. The molecular formula is C19H22ClN3O5S. The van der Waals surface area contributed by atoms with Crippen LogP contribution in [-0.2, 0) is 9.84 Å². The molecule has 1 aromatic heterocycles. The Kier molecular flexibility index (Phi) is 7.58. The zero-order valence-electron chi connectivity index (χ0n) is 16.4. The lowest BCUT2D eigenvalue weighted by Crippen LogP contribution is -2.32. The van der Waals surface area contributed by atoms with Crippen LogP contribution < -0.4 is 14.8 Å². The van der Waals surface area contributed by atoms with Crippen LogP contribution in [0, 0.1) is 0 Å². The number of rotatable bonds is 8. The fourth-order valence-corrected chi connectivity index (χ4v) is 3.14. The molecule has 8 nitrogen and oxygen atoms in total. The van der Waals surface area contributed by atoms with E-state index in [2.05, 4.69) is 15.3 Å². The Hall–Kier alpha value is -2.65. The van der Waals surface area contributed by atoms with Crippen LogP contribution in [0.1, 0.15) is 36.1 Å². The van der Waals surface area contributed by atoms with Gasteiger partial charge in [0, 0.05) is 28.3 Å². The topological polar surface area (TPSA) is 107 Å². The van der Waals surface area contributed by atoms with Gasteiger partial charge in [-0.15, -0.1) is 0 Å². The van der Waals surface area contributed by atoms with E-state index in [0.29, 0.717) is 5.02 Å². The number of carbonyl (C=O) groups excluding carboxylic acids is 1. The van der Waals surface area contributed by atoms with Gasteiger partial charge in [0.15, 0.2) is 9.84 Å². The van der Waals surface area contributed by atoms with E-state index in [1.54, 1.807) is 13.0 Å². The number of aromatic nitrogens is 2. The predicted molar refractivity (Wildman–Crippen MR) is 110 cm³/mol. The maximum Gasteiger partial charge on any atom is 0.289 e. The van der Waals surface area contributed by atoms with E-state index in [-0.39, 0.29) is 17.5 Å². The number of hydrogen-bond donors (Lipinski definition) is 1. The number of halogens is 1. The van der Waals surface area contributed by atoms with Crippen molar-refractivity contribution in [1.29, 1.82) is 0 Å². The molecule has 0 saturated carbocycles. The number of amides is 1. The molecule has 2 atom stereocenters. The highest BCUT2D eigenvalue weighted by Crippen LogP contribution is 2.31. The Morgan fingerprint density at radius 3 is 2.59 bits per heavy atom. The highest BCUT2D eigenvalue weighted by atomic mass is 35.5. The molecule has 0 bridgehead atoms. The summed E-state index contributed by atoms with van der Waals surface area (Å²) in [6.07, 6.45) is 3.36.